The van der Waals surface area contributed by atoms with E-state index in [1.807, 2.05) is 51.1 Å². The van der Waals surface area contributed by atoms with Gasteiger partial charge in [0.2, 0.25) is 0 Å². The van der Waals surface area contributed by atoms with Crippen molar-refractivity contribution in [2.45, 2.75) is 51.9 Å². The van der Waals surface area contributed by atoms with Gasteiger partial charge in [-0.25, -0.2) is 9.18 Å². The highest BCUT2D eigenvalue weighted by Crippen LogP contribution is 2.33. The SMILES string of the molecule is Cc1ccc(CC(C)(C)NC[C@H](O)COC(C)c2ccccc2-c2ccc(C(=O)O)c(O)c2)cc1F. The Morgan fingerprint density at radius 1 is 1.11 bits per heavy atom. The number of aromatic carboxylic acids is 1. The molecule has 0 radical (unpaired) electrons. The van der Waals surface area contributed by atoms with Gasteiger partial charge in [0.25, 0.3) is 0 Å². The summed E-state index contributed by atoms with van der Waals surface area (Å²) in [4.78, 5) is 11.2. The van der Waals surface area contributed by atoms with E-state index in [0.29, 0.717) is 24.1 Å². The molecule has 1 unspecified atom stereocenters. The Kier molecular flexibility index (Phi) is 8.84. The van der Waals surface area contributed by atoms with Crippen LogP contribution in [0.2, 0.25) is 0 Å². The van der Waals surface area contributed by atoms with Crippen molar-refractivity contribution in [2.75, 3.05) is 13.2 Å². The molecule has 7 heteroatoms. The minimum atomic E-state index is -1.19. The summed E-state index contributed by atoms with van der Waals surface area (Å²) < 4.78 is 19.8. The second-order valence-electron chi connectivity index (χ2n) is 9.78. The van der Waals surface area contributed by atoms with Crippen LogP contribution in [0, 0.1) is 12.7 Å². The van der Waals surface area contributed by atoms with Crippen LogP contribution in [-0.2, 0) is 11.2 Å². The molecular formula is C29H34FNO5. The van der Waals surface area contributed by atoms with Crippen LogP contribution in [0.5, 0.6) is 5.75 Å². The summed E-state index contributed by atoms with van der Waals surface area (Å²) in [5.74, 6) is -1.72. The minimum absolute atomic E-state index is 0.0982. The summed E-state index contributed by atoms with van der Waals surface area (Å²) in [7, 11) is 0. The number of hydrogen-bond donors (Lipinski definition) is 4. The number of nitrogens with one attached hydrogen (secondary N) is 1. The van der Waals surface area contributed by atoms with Crippen molar-refractivity contribution in [2.24, 2.45) is 0 Å². The molecule has 0 amide bonds. The molecule has 0 fully saturated rings. The predicted molar refractivity (Wildman–Crippen MR) is 138 cm³/mol. The van der Waals surface area contributed by atoms with Gasteiger partial charge in [-0.15, -0.1) is 0 Å². The summed E-state index contributed by atoms with van der Waals surface area (Å²) in [6.45, 7) is 8.02. The number of rotatable bonds is 11. The van der Waals surface area contributed by atoms with Crippen LogP contribution in [0.3, 0.4) is 0 Å². The number of benzene rings is 3. The van der Waals surface area contributed by atoms with Crippen molar-refractivity contribution in [3.63, 3.8) is 0 Å². The van der Waals surface area contributed by atoms with Gasteiger partial charge < -0.3 is 25.4 Å². The zero-order valence-electron chi connectivity index (χ0n) is 21.1. The summed E-state index contributed by atoms with van der Waals surface area (Å²) >= 11 is 0. The van der Waals surface area contributed by atoms with E-state index in [9.17, 15) is 19.4 Å². The quantitative estimate of drug-likeness (QED) is 0.290. The maximum absolute atomic E-state index is 13.9. The topological polar surface area (TPSA) is 99.0 Å². The first-order chi connectivity index (χ1) is 17.0. The number of carboxylic acid groups (broad SMARTS) is 1. The monoisotopic (exact) mass is 495 g/mol. The van der Waals surface area contributed by atoms with E-state index < -0.39 is 12.1 Å². The lowest BCUT2D eigenvalue weighted by Gasteiger charge is -2.28. The number of carbonyl (C=O) groups is 1. The summed E-state index contributed by atoms with van der Waals surface area (Å²) in [5, 5.41) is 33.1. The van der Waals surface area contributed by atoms with Crippen LogP contribution < -0.4 is 5.32 Å². The number of carboxylic acids is 1. The van der Waals surface area contributed by atoms with Gasteiger partial charge in [-0.05, 0) is 80.1 Å². The molecule has 6 nitrogen and oxygen atoms in total. The molecule has 0 saturated carbocycles. The van der Waals surface area contributed by atoms with Crippen molar-refractivity contribution in [3.05, 3.63) is 88.7 Å². The van der Waals surface area contributed by atoms with Crippen LogP contribution in [0.1, 0.15) is 53.9 Å². The van der Waals surface area contributed by atoms with Gasteiger partial charge in [-0.1, -0.05) is 42.5 Å². The van der Waals surface area contributed by atoms with E-state index in [0.717, 1.165) is 16.7 Å². The first-order valence-corrected chi connectivity index (χ1v) is 11.9. The number of hydrogen-bond acceptors (Lipinski definition) is 5. The lowest BCUT2D eigenvalue weighted by Crippen LogP contribution is -2.46. The Morgan fingerprint density at radius 3 is 2.50 bits per heavy atom. The van der Waals surface area contributed by atoms with Crippen LogP contribution >= 0.6 is 0 Å². The van der Waals surface area contributed by atoms with Crippen molar-refractivity contribution in [1.29, 1.82) is 0 Å². The number of β-amino-alcohol motifs (C(OH)–C–C–N with tert-alkyl or cyclic N) is 1. The molecule has 0 aliphatic carbocycles. The largest absolute Gasteiger partial charge is 0.507 e. The molecule has 0 saturated heterocycles. The van der Waals surface area contributed by atoms with E-state index >= 15 is 0 Å². The van der Waals surface area contributed by atoms with Gasteiger partial charge in [-0.2, -0.15) is 0 Å². The van der Waals surface area contributed by atoms with E-state index in [4.69, 9.17) is 9.84 Å². The second-order valence-corrected chi connectivity index (χ2v) is 9.78. The molecule has 4 N–H and O–H groups in total. The Labute approximate surface area is 211 Å². The van der Waals surface area contributed by atoms with E-state index in [1.165, 1.54) is 12.1 Å². The Balaban J connectivity index is 1.59. The lowest BCUT2D eigenvalue weighted by molar-refractivity contribution is -0.00397. The van der Waals surface area contributed by atoms with E-state index in [2.05, 4.69) is 5.32 Å². The molecule has 0 spiro atoms. The van der Waals surface area contributed by atoms with Gasteiger partial charge in [0.15, 0.2) is 0 Å². The maximum atomic E-state index is 13.9. The van der Waals surface area contributed by atoms with Crippen molar-refractivity contribution < 1.29 is 29.2 Å². The minimum Gasteiger partial charge on any atom is -0.507 e. The number of aromatic hydroxyl groups is 1. The Bertz CT molecular complexity index is 1210. The summed E-state index contributed by atoms with van der Waals surface area (Å²) in [6.07, 6.45) is -0.511. The standard InChI is InChI=1S/C29H34FNO5/c1-18-9-10-20(13-26(18)30)15-29(3,4)31-16-22(32)17-36-19(2)23-7-5-6-8-24(23)21-11-12-25(28(34)35)27(33)14-21/h5-14,19,22,31-33H,15-17H2,1-4H3,(H,34,35)/t19?,22-/m0/s1. The van der Waals surface area contributed by atoms with Gasteiger partial charge >= 0.3 is 5.97 Å². The first-order valence-electron chi connectivity index (χ1n) is 11.9. The number of aliphatic hydroxyl groups excluding tert-OH is 1. The van der Waals surface area contributed by atoms with Crippen molar-refractivity contribution >= 4 is 5.97 Å². The molecule has 0 bridgehead atoms. The van der Waals surface area contributed by atoms with Crippen LogP contribution in [0.4, 0.5) is 4.39 Å². The lowest BCUT2D eigenvalue weighted by atomic mass is 9.94. The highest BCUT2D eigenvalue weighted by molar-refractivity contribution is 5.91. The molecule has 36 heavy (non-hydrogen) atoms. The highest BCUT2D eigenvalue weighted by Gasteiger charge is 2.21. The van der Waals surface area contributed by atoms with Gasteiger partial charge in [0, 0.05) is 12.1 Å². The third-order valence-corrected chi connectivity index (χ3v) is 6.18. The number of aliphatic hydroxyl groups is 1. The third kappa shape index (κ3) is 7.13. The zero-order chi connectivity index (χ0) is 26.5. The fourth-order valence-corrected chi connectivity index (χ4v) is 4.11. The molecular weight excluding hydrogens is 461 g/mol. The fourth-order valence-electron chi connectivity index (χ4n) is 4.11. The number of phenols is 1. The Morgan fingerprint density at radius 2 is 1.83 bits per heavy atom. The van der Waals surface area contributed by atoms with Gasteiger partial charge in [0.05, 0.1) is 18.8 Å². The van der Waals surface area contributed by atoms with Crippen molar-refractivity contribution in [3.8, 4) is 16.9 Å². The van der Waals surface area contributed by atoms with Gasteiger partial charge in [-0.3, -0.25) is 0 Å². The normalized spacial score (nSPS) is 13.4. The molecule has 0 aliphatic heterocycles. The van der Waals surface area contributed by atoms with Crippen LogP contribution in [-0.4, -0.2) is 46.1 Å². The second kappa shape index (κ2) is 11.6. The molecule has 3 aromatic rings. The predicted octanol–water partition coefficient (Wildman–Crippen LogP) is 5.25. The third-order valence-electron chi connectivity index (χ3n) is 6.18. The fraction of sp³-hybridized carbons (Fsp3) is 0.345. The molecule has 192 valence electrons. The van der Waals surface area contributed by atoms with E-state index in [-0.39, 0.29) is 35.4 Å². The Hall–Kier alpha value is -3.26. The van der Waals surface area contributed by atoms with Gasteiger partial charge in [0.1, 0.15) is 17.1 Å². The zero-order valence-corrected chi connectivity index (χ0v) is 21.1. The van der Waals surface area contributed by atoms with Crippen molar-refractivity contribution in [1.82, 2.24) is 5.32 Å². The molecule has 3 aromatic carbocycles. The van der Waals surface area contributed by atoms with Crippen LogP contribution in [0.25, 0.3) is 11.1 Å². The molecule has 0 aliphatic rings. The smallest absolute Gasteiger partial charge is 0.339 e. The van der Waals surface area contributed by atoms with Crippen LogP contribution in [0.15, 0.2) is 60.7 Å². The average Bonchev–Trinajstić information content (AvgIpc) is 2.83. The highest BCUT2D eigenvalue weighted by atomic mass is 19.1. The molecule has 2 atom stereocenters. The molecule has 0 heterocycles. The number of ether oxygens (including phenoxy) is 1. The summed E-state index contributed by atoms with van der Waals surface area (Å²) in [6, 6.07) is 17.2. The first kappa shape index (κ1) is 27.3. The molecule has 0 aromatic heterocycles. The number of halogens is 1. The number of aryl methyl sites for hydroxylation is 1. The summed E-state index contributed by atoms with van der Waals surface area (Å²) in [5.41, 5.74) is 3.30. The maximum Gasteiger partial charge on any atom is 0.339 e. The molecule has 3 rings (SSSR count). The van der Waals surface area contributed by atoms with E-state index in [1.54, 1.807) is 25.1 Å². The average molecular weight is 496 g/mol.